The molecule has 3 N–H and O–H groups in total. The average molecular weight is 453 g/mol. The van der Waals surface area contributed by atoms with E-state index >= 15 is 0 Å². The van der Waals surface area contributed by atoms with E-state index < -0.39 is 0 Å². The van der Waals surface area contributed by atoms with Gasteiger partial charge in [-0.25, -0.2) is 0 Å². The van der Waals surface area contributed by atoms with Gasteiger partial charge < -0.3 is 20.5 Å². The molecule has 0 aromatic heterocycles. The Bertz CT molecular complexity index is 903. The molecule has 1 spiro atoms. The van der Waals surface area contributed by atoms with Crippen molar-refractivity contribution in [2.75, 3.05) is 13.7 Å². The Balaban J connectivity index is 1.47. The predicted octanol–water partition coefficient (Wildman–Crippen LogP) is 4.90. The highest BCUT2D eigenvalue weighted by Crippen LogP contribution is 2.68. The number of nitrogens with two attached hydrogens (primary N) is 1. The second-order valence-corrected chi connectivity index (χ2v) is 10.9. The van der Waals surface area contributed by atoms with Gasteiger partial charge in [-0.3, -0.25) is 4.79 Å². The van der Waals surface area contributed by atoms with Gasteiger partial charge >= 0.3 is 0 Å². The van der Waals surface area contributed by atoms with Gasteiger partial charge in [0, 0.05) is 25.1 Å². The smallest absolute Gasteiger partial charge is 0.221 e. The Morgan fingerprint density at radius 1 is 1.36 bits per heavy atom. The van der Waals surface area contributed by atoms with Crippen molar-refractivity contribution in [2.45, 2.75) is 70.6 Å². The largest absolute Gasteiger partial charge is 0.401 e. The summed E-state index contributed by atoms with van der Waals surface area (Å²) in [6.45, 7) is 11.5. The molecule has 3 aliphatic rings. The van der Waals surface area contributed by atoms with Crippen molar-refractivity contribution in [3.05, 3.63) is 59.8 Å². The topological polar surface area (TPSA) is 76.9 Å². The maximum Gasteiger partial charge on any atom is 0.221 e. The summed E-state index contributed by atoms with van der Waals surface area (Å²) in [5.41, 5.74) is 8.95. The van der Waals surface area contributed by atoms with Crippen LogP contribution in [0.3, 0.4) is 0 Å². The van der Waals surface area contributed by atoms with E-state index in [2.05, 4.69) is 38.7 Å². The predicted molar refractivity (Wildman–Crippen MR) is 131 cm³/mol. The van der Waals surface area contributed by atoms with E-state index in [0.717, 1.165) is 31.4 Å². The van der Waals surface area contributed by atoms with Crippen molar-refractivity contribution in [1.29, 1.82) is 0 Å². The van der Waals surface area contributed by atoms with Crippen LogP contribution in [0, 0.1) is 23.2 Å². The molecule has 7 atom stereocenters. The molecule has 5 nitrogen and oxygen atoms in total. The maximum absolute atomic E-state index is 13.1. The van der Waals surface area contributed by atoms with Gasteiger partial charge in [0.2, 0.25) is 5.91 Å². The molecular weight excluding hydrogens is 412 g/mol. The van der Waals surface area contributed by atoms with E-state index in [4.69, 9.17) is 15.2 Å². The molecule has 2 aliphatic carbocycles. The van der Waals surface area contributed by atoms with Crippen LogP contribution in [-0.2, 0) is 14.3 Å². The summed E-state index contributed by atoms with van der Waals surface area (Å²) in [5.74, 6) is 1.15. The van der Waals surface area contributed by atoms with Gasteiger partial charge in [-0.15, -0.1) is 0 Å². The number of hydrogen-bond acceptors (Lipinski definition) is 4. The van der Waals surface area contributed by atoms with E-state index in [1.54, 1.807) is 7.11 Å². The lowest BCUT2D eigenvalue weighted by molar-refractivity contribution is -0.128. The molecule has 1 saturated heterocycles. The SMILES string of the molecule is C=C(N)C(NC(=O)C[C@@H]1CC[C@]2(CO2)[C@@H]([C@@]2(C)CC2CC=C(C)C)[C@@H]1OC)c1ccccc1. The number of nitrogens with one attached hydrogen (secondary N) is 1. The van der Waals surface area contributed by atoms with Crippen LogP contribution in [0.2, 0.25) is 0 Å². The fraction of sp³-hybridized carbons (Fsp3) is 0.607. The summed E-state index contributed by atoms with van der Waals surface area (Å²) in [5, 5.41) is 3.11. The monoisotopic (exact) mass is 452 g/mol. The molecule has 5 heteroatoms. The zero-order valence-corrected chi connectivity index (χ0v) is 20.6. The normalized spacial score (nSPS) is 35.5. The molecule has 1 amide bonds. The van der Waals surface area contributed by atoms with Gasteiger partial charge in [0.1, 0.15) is 0 Å². The number of methoxy groups -OCH3 is 1. The van der Waals surface area contributed by atoms with Gasteiger partial charge in [-0.1, -0.05) is 55.5 Å². The van der Waals surface area contributed by atoms with Crippen LogP contribution in [0.15, 0.2) is 54.3 Å². The van der Waals surface area contributed by atoms with Crippen LogP contribution >= 0.6 is 0 Å². The number of carbonyl (C=O) groups is 1. The molecule has 33 heavy (non-hydrogen) atoms. The van der Waals surface area contributed by atoms with Crippen molar-refractivity contribution in [3.63, 3.8) is 0 Å². The number of rotatable bonds is 9. The maximum atomic E-state index is 13.1. The van der Waals surface area contributed by atoms with Crippen molar-refractivity contribution in [1.82, 2.24) is 5.32 Å². The van der Waals surface area contributed by atoms with E-state index in [9.17, 15) is 4.79 Å². The molecule has 3 fully saturated rings. The molecule has 1 aromatic carbocycles. The summed E-state index contributed by atoms with van der Waals surface area (Å²) in [4.78, 5) is 13.1. The first kappa shape index (κ1) is 24.0. The molecule has 180 valence electrons. The second kappa shape index (κ2) is 9.27. The highest BCUT2D eigenvalue weighted by Gasteiger charge is 2.69. The Morgan fingerprint density at radius 3 is 2.64 bits per heavy atom. The summed E-state index contributed by atoms with van der Waals surface area (Å²) in [6, 6.07) is 9.39. The molecule has 2 unspecified atom stereocenters. The molecule has 1 heterocycles. The Kier molecular flexibility index (Phi) is 6.75. The molecule has 4 rings (SSSR count). The van der Waals surface area contributed by atoms with Crippen molar-refractivity contribution >= 4 is 5.91 Å². The Hall–Kier alpha value is -2.11. The Labute approximate surface area is 198 Å². The fourth-order valence-electron chi connectivity index (χ4n) is 6.34. The number of benzene rings is 1. The average Bonchev–Trinajstić information content (AvgIpc) is 3.69. The zero-order chi connectivity index (χ0) is 23.8. The lowest BCUT2D eigenvalue weighted by Gasteiger charge is -2.45. The minimum atomic E-state index is -0.383. The number of epoxide rings is 1. The third kappa shape index (κ3) is 4.90. The lowest BCUT2D eigenvalue weighted by atomic mass is 9.64. The van der Waals surface area contributed by atoms with Gasteiger partial charge in [0.05, 0.1) is 24.4 Å². The van der Waals surface area contributed by atoms with Crippen molar-refractivity contribution in [2.24, 2.45) is 28.9 Å². The number of allylic oxidation sites excluding steroid dienone is 2. The third-order valence-electron chi connectivity index (χ3n) is 8.32. The van der Waals surface area contributed by atoms with E-state index in [1.165, 1.54) is 12.0 Å². The first-order chi connectivity index (χ1) is 15.7. The number of ether oxygens (including phenoxy) is 2. The van der Waals surface area contributed by atoms with Gasteiger partial charge in [-0.05, 0) is 62.3 Å². The van der Waals surface area contributed by atoms with Crippen LogP contribution in [0.25, 0.3) is 0 Å². The first-order valence-electron chi connectivity index (χ1n) is 12.3. The molecule has 1 aromatic rings. The Morgan fingerprint density at radius 2 is 2.06 bits per heavy atom. The van der Waals surface area contributed by atoms with Crippen molar-refractivity contribution < 1.29 is 14.3 Å². The zero-order valence-electron chi connectivity index (χ0n) is 20.6. The summed E-state index contributed by atoms with van der Waals surface area (Å²) < 4.78 is 12.3. The van der Waals surface area contributed by atoms with Gasteiger partial charge in [-0.2, -0.15) is 0 Å². The summed E-state index contributed by atoms with van der Waals surface area (Å²) in [7, 11) is 1.80. The minimum absolute atomic E-state index is 0.00374. The highest BCUT2D eigenvalue weighted by molar-refractivity contribution is 5.77. The van der Waals surface area contributed by atoms with E-state index in [-0.39, 0.29) is 35.0 Å². The highest BCUT2D eigenvalue weighted by atomic mass is 16.6. The third-order valence-corrected chi connectivity index (χ3v) is 8.32. The summed E-state index contributed by atoms with van der Waals surface area (Å²) in [6.07, 6.45) is 7.07. The fourth-order valence-corrected chi connectivity index (χ4v) is 6.34. The summed E-state index contributed by atoms with van der Waals surface area (Å²) >= 11 is 0. The molecule has 0 bridgehead atoms. The first-order valence-corrected chi connectivity index (χ1v) is 12.3. The lowest BCUT2D eigenvalue weighted by Crippen LogP contribution is -2.51. The standard InChI is InChI=1S/C28H40N2O3/c1-18(2)11-12-22-16-27(22,4)26-25(32-5)21(13-14-28(26)17-33-28)15-23(31)30-24(19(3)29)20-9-7-6-8-10-20/h6-11,21-22,24-26H,3,12-17,29H2,1-2,4-5H3,(H,30,31)/t21-,22?,24?,25+,26+,27-,28-/m0/s1. The number of amides is 1. The van der Waals surface area contributed by atoms with Crippen LogP contribution in [0.1, 0.15) is 64.5 Å². The van der Waals surface area contributed by atoms with E-state index in [1.807, 2.05) is 30.3 Å². The van der Waals surface area contributed by atoms with E-state index in [0.29, 0.717) is 24.0 Å². The van der Waals surface area contributed by atoms with Crippen molar-refractivity contribution in [3.8, 4) is 0 Å². The van der Waals surface area contributed by atoms with Gasteiger partial charge in [0.15, 0.2) is 0 Å². The van der Waals surface area contributed by atoms with Crippen LogP contribution in [0.4, 0.5) is 0 Å². The number of hydrogen-bond donors (Lipinski definition) is 2. The number of carbonyl (C=O) groups excluding carboxylic acids is 1. The van der Waals surface area contributed by atoms with Gasteiger partial charge in [0.25, 0.3) is 0 Å². The minimum Gasteiger partial charge on any atom is -0.401 e. The molecule has 1 aliphatic heterocycles. The quantitative estimate of drug-likeness (QED) is 0.413. The molecule has 0 radical (unpaired) electrons. The molecule has 2 saturated carbocycles. The molecular formula is C28H40N2O3. The van der Waals surface area contributed by atoms with Crippen LogP contribution in [-0.4, -0.2) is 31.3 Å². The second-order valence-electron chi connectivity index (χ2n) is 10.9. The van der Waals surface area contributed by atoms with Crippen LogP contribution in [0.5, 0.6) is 0 Å². The van der Waals surface area contributed by atoms with Crippen LogP contribution < -0.4 is 11.1 Å².